The van der Waals surface area contributed by atoms with Crippen molar-refractivity contribution in [3.8, 4) is 0 Å². The highest BCUT2D eigenvalue weighted by atomic mass is 15.2. The molecule has 0 aliphatic rings. The minimum absolute atomic E-state index is 0.363. The van der Waals surface area contributed by atoms with Crippen molar-refractivity contribution in [3.05, 3.63) is 17.6 Å². The number of hydrogen-bond acceptors (Lipinski definition) is 3. The number of fused-ring (bicyclic) bond motifs is 1. The van der Waals surface area contributed by atoms with Crippen LogP contribution in [0.4, 0.5) is 0 Å². The van der Waals surface area contributed by atoms with Crippen LogP contribution < -0.4 is 0 Å². The van der Waals surface area contributed by atoms with Crippen LogP contribution in [0, 0.1) is 0 Å². The van der Waals surface area contributed by atoms with E-state index in [1.54, 1.807) is 0 Å². The average molecular weight is 204 g/mol. The third-order valence-electron chi connectivity index (χ3n) is 2.53. The van der Waals surface area contributed by atoms with Gasteiger partial charge in [-0.3, -0.25) is 5.10 Å². The highest BCUT2D eigenvalue weighted by molar-refractivity contribution is 5.82. The van der Waals surface area contributed by atoms with Gasteiger partial charge in [0.15, 0.2) is 0 Å². The molecule has 4 heteroatoms. The molecule has 2 aromatic heterocycles. The fourth-order valence-electron chi connectivity index (χ4n) is 1.72. The minimum atomic E-state index is 0.363. The number of rotatable bonds is 2. The molecule has 0 aliphatic heterocycles. The predicted molar refractivity (Wildman–Crippen MR) is 59.9 cm³/mol. The molecule has 1 N–H and O–H groups in total. The Hall–Kier alpha value is -1.45. The standard InChI is InChI=1S/C11H16N4/c1-6(2)9-8-5-12-13-11(8)10(7(3)4)15-14-9/h5-7H,1-4H3,(H,12,13). The molecule has 0 spiro atoms. The summed E-state index contributed by atoms with van der Waals surface area (Å²) < 4.78 is 0. The number of hydrogen-bond donors (Lipinski definition) is 1. The monoisotopic (exact) mass is 204 g/mol. The van der Waals surface area contributed by atoms with Crippen LogP contribution in [0.5, 0.6) is 0 Å². The lowest BCUT2D eigenvalue weighted by Gasteiger charge is -2.09. The van der Waals surface area contributed by atoms with Gasteiger partial charge in [-0.25, -0.2) is 0 Å². The van der Waals surface area contributed by atoms with Crippen molar-refractivity contribution in [2.45, 2.75) is 39.5 Å². The van der Waals surface area contributed by atoms with Crippen molar-refractivity contribution in [1.29, 1.82) is 0 Å². The Morgan fingerprint density at radius 1 is 1.00 bits per heavy atom. The first-order chi connectivity index (χ1) is 7.11. The van der Waals surface area contributed by atoms with E-state index in [2.05, 4.69) is 48.1 Å². The Morgan fingerprint density at radius 3 is 2.20 bits per heavy atom. The molecule has 0 atom stereocenters. The number of aromatic amines is 1. The average Bonchev–Trinajstić information content (AvgIpc) is 2.63. The van der Waals surface area contributed by atoms with E-state index in [1.807, 2.05) is 6.20 Å². The topological polar surface area (TPSA) is 54.5 Å². The molecule has 4 nitrogen and oxygen atoms in total. The highest BCUT2D eigenvalue weighted by Crippen LogP contribution is 2.25. The second-order valence-electron chi connectivity index (χ2n) is 4.44. The van der Waals surface area contributed by atoms with Crippen LogP contribution in [0.15, 0.2) is 6.20 Å². The van der Waals surface area contributed by atoms with Gasteiger partial charge in [0.05, 0.1) is 23.1 Å². The van der Waals surface area contributed by atoms with Gasteiger partial charge in [-0.1, -0.05) is 27.7 Å². The Kier molecular flexibility index (Phi) is 2.42. The highest BCUT2D eigenvalue weighted by Gasteiger charge is 2.15. The predicted octanol–water partition coefficient (Wildman–Crippen LogP) is 2.60. The van der Waals surface area contributed by atoms with Gasteiger partial charge in [-0.2, -0.15) is 15.3 Å². The van der Waals surface area contributed by atoms with Crippen LogP contribution in [-0.4, -0.2) is 20.4 Å². The Labute approximate surface area is 89.1 Å². The number of nitrogens with zero attached hydrogens (tertiary/aromatic N) is 3. The quantitative estimate of drug-likeness (QED) is 0.818. The summed E-state index contributed by atoms with van der Waals surface area (Å²) in [5, 5.41) is 16.8. The van der Waals surface area contributed by atoms with Gasteiger partial charge >= 0.3 is 0 Å². The van der Waals surface area contributed by atoms with Gasteiger partial charge in [0, 0.05) is 5.39 Å². The summed E-state index contributed by atoms with van der Waals surface area (Å²) in [7, 11) is 0. The largest absolute Gasteiger partial charge is 0.276 e. The molecule has 80 valence electrons. The molecule has 2 heterocycles. The molecule has 15 heavy (non-hydrogen) atoms. The zero-order chi connectivity index (χ0) is 11.0. The third kappa shape index (κ3) is 1.60. The molecular weight excluding hydrogens is 188 g/mol. The fourth-order valence-corrected chi connectivity index (χ4v) is 1.72. The van der Waals surface area contributed by atoms with Gasteiger partial charge in [0.1, 0.15) is 0 Å². The van der Waals surface area contributed by atoms with E-state index < -0.39 is 0 Å². The lowest BCUT2D eigenvalue weighted by atomic mass is 10.0. The van der Waals surface area contributed by atoms with Crippen LogP contribution in [0.25, 0.3) is 10.9 Å². The summed E-state index contributed by atoms with van der Waals surface area (Å²) in [5.41, 5.74) is 3.04. The molecule has 0 unspecified atom stereocenters. The summed E-state index contributed by atoms with van der Waals surface area (Å²) in [6.45, 7) is 8.45. The van der Waals surface area contributed by atoms with Crippen LogP contribution >= 0.6 is 0 Å². The first-order valence-electron chi connectivity index (χ1n) is 5.30. The Balaban J connectivity index is 2.71. The molecular formula is C11H16N4. The van der Waals surface area contributed by atoms with Crippen molar-refractivity contribution in [3.63, 3.8) is 0 Å². The van der Waals surface area contributed by atoms with Crippen molar-refractivity contribution < 1.29 is 0 Å². The third-order valence-corrected chi connectivity index (χ3v) is 2.53. The molecule has 0 aliphatic carbocycles. The Bertz CT molecular complexity index is 428. The van der Waals surface area contributed by atoms with Gasteiger partial charge in [0.25, 0.3) is 0 Å². The number of aromatic nitrogens is 4. The van der Waals surface area contributed by atoms with E-state index in [1.165, 1.54) is 0 Å². The lowest BCUT2D eigenvalue weighted by molar-refractivity contribution is 0.748. The lowest BCUT2D eigenvalue weighted by Crippen LogP contribution is -2.02. The first kappa shape index (κ1) is 10.1. The fraction of sp³-hybridized carbons (Fsp3) is 0.545. The van der Waals surface area contributed by atoms with E-state index in [9.17, 15) is 0 Å². The second-order valence-corrected chi connectivity index (χ2v) is 4.44. The van der Waals surface area contributed by atoms with E-state index in [4.69, 9.17) is 0 Å². The van der Waals surface area contributed by atoms with Crippen molar-refractivity contribution in [1.82, 2.24) is 20.4 Å². The van der Waals surface area contributed by atoms with Crippen LogP contribution in [-0.2, 0) is 0 Å². The van der Waals surface area contributed by atoms with Gasteiger partial charge < -0.3 is 0 Å². The maximum Gasteiger partial charge on any atom is 0.0912 e. The normalized spacial score (nSPS) is 11.9. The molecule has 2 rings (SSSR count). The molecule has 0 radical (unpaired) electrons. The van der Waals surface area contributed by atoms with E-state index in [0.29, 0.717) is 11.8 Å². The van der Waals surface area contributed by atoms with Gasteiger partial charge in [0.2, 0.25) is 0 Å². The number of nitrogens with one attached hydrogen (secondary N) is 1. The minimum Gasteiger partial charge on any atom is -0.276 e. The molecule has 0 aromatic carbocycles. The second kappa shape index (κ2) is 3.61. The maximum atomic E-state index is 4.29. The number of H-pyrrole nitrogens is 1. The van der Waals surface area contributed by atoms with Gasteiger partial charge in [-0.05, 0) is 11.8 Å². The summed E-state index contributed by atoms with van der Waals surface area (Å²) in [4.78, 5) is 0. The van der Waals surface area contributed by atoms with Crippen LogP contribution in [0.1, 0.15) is 50.9 Å². The summed E-state index contributed by atoms with van der Waals surface area (Å²) in [6.07, 6.45) is 1.84. The molecule has 2 aromatic rings. The summed E-state index contributed by atoms with van der Waals surface area (Å²) in [5.74, 6) is 0.737. The smallest absolute Gasteiger partial charge is 0.0912 e. The Morgan fingerprint density at radius 2 is 1.60 bits per heavy atom. The van der Waals surface area contributed by atoms with Crippen molar-refractivity contribution in [2.75, 3.05) is 0 Å². The first-order valence-corrected chi connectivity index (χ1v) is 5.30. The van der Waals surface area contributed by atoms with E-state index >= 15 is 0 Å². The van der Waals surface area contributed by atoms with Gasteiger partial charge in [-0.15, -0.1) is 0 Å². The maximum absolute atomic E-state index is 4.29. The van der Waals surface area contributed by atoms with E-state index in [-0.39, 0.29) is 0 Å². The van der Waals surface area contributed by atoms with E-state index in [0.717, 1.165) is 22.3 Å². The SMILES string of the molecule is CC(C)c1nnc(C(C)C)c2[nH]ncc12. The molecule has 0 saturated heterocycles. The zero-order valence-corrected chi connectivity index (χ0v) is 9.57. The van der Waals surface area contributed by atoms with Crippen molar-refractivity contribution >= 4 is 10.9 Å². The van der Waals surface area contributed by atoms with Crippen LogP contribution in [0.3, 0.4) is 0 Å². The molecule has 0 fully saturated rings. The zero-order valence-electron chi connectivity index (χ0n) is 9.57. The molecule has 0 saturated carbocycles. The summed E-state index contributed by atoms with van der Waals surface area (Å²) >= 11 is 0. The summed E-state index contributed by atoms with van der Waals surface area (Å²) in [6, 6.07) is 0. The molecule has 0 amide bonds. The molecule has 0 bridgehead atoms. The van der Waals surface area contributed by atoms with Crippen molar-refractivity contribution in [2.24, 2.45) is 0 Å². The van der Waals surface area contributed by atoms with Crippen LogP contribution in [0.2, 0.25) is 0 Å².